The molecule has 0 aliphatic rings. The van der Waals surface area contributed by atoms with Crippen LogP contribution in [-0.4, -0.2) is 36.3 Å². The van der Waals surface area contributed by atoms with Crippen LogP contribution in [0.1, 0.15) is 42.1 Å². The fraction of sp³-hybridized carbons (Fsp3) is 0.357. The van der Waals surface area contributed by atoms with Crippen LogP contribution in [0.3, 0.4) is 0 Å². The van der Waals surface area contributed by atoms with Crippen molar-refractivity contribution in [3.63, 3.8) is 0 Å². The van der Waals surface area contributed by atoms with E-state index in [-0.39, 0.29) is 0 Å². The molecule has 0 aromatic heterocycles. The molecule has 0 bridgehead atoms. The molecule has 0 heterocycles. The predicted octanol–water partition coefficient (Wildman–Crippen LogP) is 6.54. The van der Waals surface area contributed by atoms with Gasteiger partial charge in [-0.05, 0) is 61.1 Å². The summed E-state index contributed by atoms with van der Waals surface area (Å²) in [6.07, 6.45) is 3.38. The van der Waals surface area contributed by atoms with Crippen molar-refractivity contribution in [2.45, 2.75) is 38.3 Å². The van der Waals surface area contributed by atoms with E-state index < -0.39 is 6.10 Å². The zero-order valence-corrected chi connectivity index (χ0v) is 21.0. The Hall–Kier alpha value is -2.08. The lowest BCUT2D eigenvalue weighted by molar-refractivity contribution is 0.105. The number of benzene rings is 3. The minimum Gasteiger partial charge on any atom is -0.396 e. The van der Waals surface area contributed by atoms with Crippen molar-refractivity contribution >= 4 is 28.9 Å². The third kappa shape index (κ3) is 8.94. The van der Waals surface area contributed by atoms with Crippen molar-refractivity contribution in [2.75, 3.05) is 32.0 Å². The number of unbranched alkanes of at least 4 members (excludes halogenated alkanes) is 2. The summed E-state index contributed by atoms with van der Waals surface area (Å²) in [7, 11) is 0. The molecule has 0 saturated carbocycles. The van der Waals surface area contributed by atoms with E-state index in [4.69, 9.17) is 33.7 Å². The second kappa shape index (κ2) is 14.3. The molecule has 0 aliphatic carbocycles. The highest BCUT2D eigenvalue weighted by Crippen LogP contribution is 2.31. The van der Waals surface area contributed by atoms with Gasteiger partial charge >= 0.3 is 0 Å². The van der Waals surface area contributed by atoms with Crippen LogP contribution in [-0.2, 0) is 17.7 Å². The van der Waals surface area contributed by atoms with Crippen molar-refractivity contribution in [1.29, 1.82) is 0 Å². The zero-order chi connectivity index (χ0) is 24.2. The number of rotatable bonds is 14. The number of anilines is 1. The summed E-state index contributed by atoms with van der Waals surface area (Å²) in [4.78, 5) is 2.27. The molecule has 3 aromatic carbocycles. The number of nitrogens with two attached hydrogens (primary N) is 1. The number of hydrogen-bond acceptors (Lipinski definition) is 4. The molecule has 3 N–H and O–H groups in total. The summed E-state index contributed by atoms with van der Waals surface area (Å²) in [6, 6.07) is 24.1. The Bertz CT molecular complexity index is 963. The number of aliphatic hydroxyl groups is 1. The minimum absolute atomic E-state index is 0.339. The normalized spacial score (nSPS) is 12.2. The largest absolute Gasteiger partial charge is 0.396 e. The van der Waals surface area contributed by atoms with Crippen molar-refractivity contribution in [3.05, 3.63) is 99.5 Å². The van der Waals surface area contributed by atoms with Crippen LogP contribution in [0, 0.1) is 0 Å². The standard InChI is InChI=1S/C28H34Cl2N2O2/c29-25-18-24(19-26(30)28(25)31)27(33)21-32(20-23-12-6-2-7-13-23)15-8-3-9-16-34-17-14-22-10-4-1-5-11-22/h1-2,4-7,10-13,18-19,27,33H,3,8-9,14-17,20-21,31H2. The molecule has 0 aliphatic heterocycles. The number of hydrogen-bond donors (Lipinski definition) is 2. The van der Waals surface area contributed by atoms with Crippen LogP contribution < -0.4 is 5.73 Å². The lowest BCUT2D eigenvalue weighted by atomic mass is 10.1. The first-order valence-electron chi connectivity index (χ1n) is 11.8. The zero-order valence-electron chi connectivity index (χ0n) is 19.5. The summed E-state index contributed by atoms with van der Waals surface area (Å²) in [5, 5.41) is 11.6. The number of ether oxygens (including phenoxy) is 1. The van der Waals surface area contributed by atoms with Crippen LogP contribution in [0.15, 0.2) is 72.8 Å². The Morgan fingerprint density at radius 2 is 1.44 bits per heavy atom. The van der Waals surface area contributed by atoms with Gasteiger partial charge in [0, 0.05) is 19.7 Å². The third-order valence-electron chi connectivity index (χ3n) is 5.81. The van der Waals surface area contributed by atoms with E-state index >= 15 is 0 Å². The molecule has 0 spiro atoms. The maximum atomic E-state index is 10.9. The lowest BCUT2D eigenvalue weighted by Crippen LogP contribution is -2.29. The first kappa shape index (κ1) is 26.5. The lowest BCUT2D eigenvalue weighted by Gasteiger charge is -2.26. The summed E-state index contributed by atoms with van der Waals surface area (Å²) < 4.78 is 5.81. The predicted molar refractivity (Wildman–Crippen MR) is 142 cm³/mol. The SMILES string of the molecule is Nc1c(Cl)cc(C(O)CN(CCCCCOCCc2ccccc2)Cc2ccccc2)cc1Cl. The molecule has 1 atom stereocenters. The Balaban J connectivity index is 1.45. The number of nitrogen functional groups attached to an aromatic ring is 1. The molecule has 0 amide bonds. The minimum atomic E-state index is -0.708. The highest BCUT2D eigenvalue weighted by molar-refractivity contribution is 6.38. The summed E-state index contributed by atoms with van der Waals surface area (Å²) >= 11 is 12.3. The second-order valence-corrected chi connectivity index (χ2v) is 9.36. The van der Waals surface area contributed by atoms with Crippen molar-refractivity contribution in [3.8, 4) is 0 Å². The highest BCUT2D eigenvalue weighted by Gasteiger charge is 2.16. The van der Waals surface area contributed by atoms with E-state index in [0.29, 0.717) is 27.8 Å². The topological polar surface area (TPSA) is 58.7 Å². The molecule has 0 fully saturated rings. The first-order valence-corrected chi connectivity index (χ1v) is 12.6. The Kier molecular flexibility index (Phi) is 11.2. The molecule has 6 heteroatoms. The maximum Gasteiger partial charge on any atom is 0.0918 e. The summed E-state index contributed by atoms with van der Waals surface area (Å²) in [5.74, 6) is 0. The molecular formula is C28H34Cl2N2O2. The van der Waals surface area contributed by atoms with E-state index in [2.05, 4.69) is 41.3 Å². The van der Waals surface area contributed by atoms with Crippen LogP contribution in [0.2, 0.25) is 10.0 Å². The molecule has 1 unspecified atom stereocenters. The van der Waals surface area contributed by atoms with Gasteiger partial charge in [0.2, 0.25) is 0 Å². The highest BCUT2D eigenvalue weighted by atomic mass is 35.5. The molecule has 182 valence electrons. The van der Waals surface area contributed by atoms with Crippen LogP contribution in [0.4, 0.5) is 5.69 Å². The fourth-order valence-electron chi connectivity index (χ4n) is 3.88. The molecule has 4 nitrogen and oxygen atoms in total. The Morgan fingerprint density at radius 1 is 0.824 bits per heavy atom. The Morgan fingerprint density at radius 3 is 2.09 bits per heavy atom. The Labute approximate surface area is 213 Å². The molecular weight excluding hydrogens is 467 g/mol. The van der Waals surface area contributed by atoms with Gasteiger partial charge in [-0.2, -0.15) is 0 Å². The van der Waals surface area contributed by atoms with Crippen molar-refractivity contribution in [2.24, 2.45) is 0 Å². The molecule has 0 radical (unpaired) electrons. The van der Waals surface area contributed by atoms with Gasteiger partial charge in [-0.1, -0.05) is 83.9 Å². The number of halogens is 2. The maximum absolute atomic E-state index is 10.9. The number of nitrogens with zero attached hydrogens (tertiary/aromatic N) is 1. The van der Waals surface area contributed by atoms with Gasteiger partial charge in [0.15, 0.2) is 0 Å². The van der Waals surface area contributed by atoms with Crippen LogP contribution in [0.25, 0.3) is 0 Å². The van der Waals surface area contributed by atoms with E-state index in [1.165, 1.54) is 11.1 Å². The quantitative estimate of drug-likeness (QED) is 0.195. The van der Waals surface area contributed by atoms with Crippen LogP contribution >= 0.6 is 23.2 Å². The van der Waals surface area contributed by atoms with Crippen molar-refractivity contribution in [1.82, 2.24) is 4.90 Å². The van der Waals surface area contributed by atoms with Crippen molar-refractivity contribution < 1.29 is 9.84 Å². The van der Waals surface area contributed by atoms with Crippen LogP contribution in [0.5, 0.6) is 0 Å². The van der Waals surface area contributed by atoms with E-state index in [1.54, 1.807) is 12.1 Å². The van der Waals surface area contributed by atoms with E-state index in [1.807, 2.05) is 24.3 Å². The van der Waals surface area contributed by atoms with Gasteiger partial charge in [0.05, 0.1) is 28.4 Å². The monoisotopic (exact) mass is 500 g/mol. The summed E-state index contributed by atoms with van der Waals surface area (Å²) in [5.41, 5.74) is 9.38. The second-order valence-electron chi connectivity index (χ2n) is 8.54. The van der Waals surface area contributed by atoms with Gasteiger partial charge in [-0.15, -0.1) is 0 Å². The average molecular weight is 501 g/mol. The van der Waals surface area contributed by atoms with Gasteiger partial charge in [-0.25, -0.2) is 0 Å². The number of aliphatic hydroxyl groups excluding tert-OH is 1. The first-order chi connectivity index (χ1) is 16.5. The molecule has 3 rings (SSSR count). The van der Waals surface area contributed by atoms with Gasteiger partial charge in [0.1, 0.15) is 0 Å². The molecule has 34 heavy (non-hydrogen) atoms. The molecule has 0 saturated heterocycles. The molecule has 3 aromatic rings. The fourth-order valence-corrected chi connectivity index (χ4v) is 4.38. The van der Waals surface area contributed by atoms with Gasteiger partial charge < -0.3 is 15.6 Å². The van der Waals surface area contributed by atoms with Gasteiger partial charge in [0.25, 0.3) is 0 Å². The average Bonchev–Trinajstić information content (AvgIpc) is 2.85. The van der Waals surface area contributed by atoms with E-state index in [0.717, 1.165) is 52.0 Å². The third-order valence-corrected chi connectivity index (χ3v) is 6.43. The summed E-state index contributed by atoms with van der Waals surface area (Å²) in [6.45, 7) is 3.66. The van der Waals surface area contributed by atoms with E-state index in [9.17, 15) is 5.11 Å². The van der Waals surface area contributed by atoms with Gasteiger partial charge in [-0.3, -0.25) is 4.90 Å². The smallest absolute Gasteiger partial charge is 0.0918 e.